The Hall–Kier alpha value is -2.05. The molecular formula is C12H20N4O3. The molecule has 0 saturated heterocycles. The summed E-state index contributed by atoms with van der Waals surface area (Å²) in [7, 11) is 1.84. The van der Waals surface area contributed by atoms with Gasteiger partial charge in [-0.3, -0.25) is 4.79 Å². The van der Waals surface area contributed by atoms with E-state index in [0.29, 0.717) is 13.0 Å². The zero-order valence-electron chi connectivity index (χ0n) is 11.2. The van der Waals surface area contributed by atoms with Crippen LogP contribution in [0.2, 0.25) is 0 Å². The van der Waals surface area contributed by atoms with E-state index in [1.165, 1.54) is 0 Å². The summed E-state index contributed by atoms with van der Waals surface area (Å²) < 4.78 is 1.81. The number of aryl methyl sites for hydroxylation is 1. The van der Waals surface area contributed by atoms with Gasteiger partial charge < -0.3 is 20.3 Å². The molecule has 0 fully saturated rings. The van der Waals surface area contributed by atoms with Crippen LogP contribution in [0.1, 0.15) is 32.0 Å². The monoisotopic (exact) mass is 268 g/mol. The Bertz CT molecular complexity index is 430. The van der Waals surface area contributed by atoms with Gasteiger partial charge in [0.15, 0.2) is 0 Å². The molecule has 7 heteroatoms. The van der Waals surface area contributed by atoms with Crippen LogP contribution in [0.3, 0.4) is 0 Å². The lowest BCUT2D eigenvalue weighted by atomic mass is 10.1. The number of carboxylic acids is 1. The Kier molecular flexibility index (Phi) is 5.84. The van der Waals surface area contributed by atoms with Gasteiger partial charge in [0.2, 0.25) is 0 Å². The molecule has 106 valence electrons. The number of imidazole rings is 1. The summed E-state index contributed by atoms with van der Waals surface area (Å²) in [6, 6.07) is -0.716. The molecule has 3 N–H and O–H groups in total. The van der Waals surface area contributed by atoms with E-state index in [4.69, 9.17) is 5.11 Å². The van der Waals surface area contributed by atoms with Gasteiger partial charge in [-0.15, -0.1) is 0 Å². The maximum Gasteiger partial charge on any atom is 0.315 e. The predicted molar refractivity (Wildman–Crippen MR) is 69.5 cm³/mol. The molecule has 1 atom stereocenters. The smallest absolute Gasteiger partial charge is 0.315 e. The summed E-state index contributed by atoms with van der Waals surface area (Å²) in [6.07, 6.45) is 4.84. The molecule has 19 heavy (non-hydrogen) atoms. The van der Waals surface area contributed by atoms with Gasteiger partial charge in [-0.05, 0) is 6.42 Å². The molecule has 1 aromatic rings. The molecule has 0 aromatic carbocycles. The van der Waals surface area contributed by atoms with Crippen molar-refractivity contribution in [3.8, 4) is 0 Å². The highest BCUT2D eigenvalue weighted by Crippen LogP contribution is 2.02. The molecule has 1 heterocycles. The first-order valence-electron chi connectivity index (χ1n) is 6.25. The van der Waals surface area contributed by atoms with Crippen LogP contribution in [0.4, 0.5) is 4.79 Å². The van der Waals surface area contributed by atoms with Gasteiger partial charge in [0.25, 0.3) is 0 Å². The lowest BCUT2D eigenvalue weighted by molar-refractivity contribution is -0.137. The maximum atomic E-state index is 11.7. The third kappa shape index (κ3) is 5.41. The van der Waals surface area contributed by atoms with Crippen molar-refractivity contribution in [1.82, 2.24) is 20.2 Å². The van der Waals surface area contributed by atoms with Crippen molar-refractivity contribution < 1.29 is 14.7 Å². The number of hydrogen-bond acceptors (Lipinski definition) is 3. The first-order chi connectivity index (χ1) is 9.02. The average Bonchev–Trinajstić information content (AvgIpc) is 2.71. The zero-order valence-corrected chi connectivity index (χ0v) is 11.2. The van der Waals surface area contributed by atoms with Crippen LogP contribution in [0.15, 0.2) is 12.4 Å². The van der Waals surface area contributed by atoms with Crippen LogP contribution in [-0.4, -0.2) is 32.7 Å². The second kappa shape index (κ2) is 7.40. The molecule has 1 aromatic heterocycles. The van der Waals surface area contributed by atoms with Crippen molar-refractivity contribution in [2.45, 2.75) is 38.8 Å². The number of aliphatic carboxylic acids is 1. The van der Waals surface area contributed by atoms with E-state index in [0.717, 1.165) is 12.2 Å². The number of carbonyl (C=O) groups is 2. The van der Waals surface area contributed by atoms with Gasteiger partial charge >= 0.3 is 12.0 Å². The molecule has 0 spiro atoms. The largest absolute Gasteiger partial charge is 0.481 e. The molecule has 0 saturated carbocycles. The normalized spacial score (nSPS) is 11.9. The van der Waals surface area contributed by atoms with Gasteiger partial charge in [0.05, 0.1) is 13.0 Å². The van der Waals surface area contributed by atoms with E-state index in [1.807, 2.05) is 14.0 Å². The summed E-state index contributed by atoms with van der Waals surface area (Å²) in [5.41, 5.74) is 0. The Morgan fingerprint density at radius 3 is 2.79 bits per heavy atom. The number of carboxylic acid groups (broad SMARTS) is 1. The highest BCUT2D eigenvalue weighted by molar-refractivity contribution is 5.75. The molecule has 2 amide bonds. The molecule has 0 aliphatic carbocycles. The lowest BCUT2D eigenvalue weighted by Crippen LogP contribution is -2.43. The highest BCUT2D eigenvalue weighted by atomic mass is 16.4. The van der Waals surface area contributed by atoms with Crippen LogP contribution in [0.5, 0.6) is 0 Å². The topological polar surface area (TPSA) is 96.2 Å². The van der Waals surface area contributed by atoms with E-state index in [2.05, 4.69) is 15.6 Å². The highest BCUT2D eigenvalue weighted by Gasteiger charge is 2.15. The second-order valence-corrected chi connectivity index (χ2v) is 4.36. The fourth-order valence-electron chi connectivity index (χ4n) is 1.75. The summed E-state index contributed by atoms with van der Waals surface area (Å²) in [6.45, 7) is 2.25. The van der Waals surface area contributed by atoms with Crippen LogP contribution in [-0.2, 0) is 18.4 Å². The minimum absolute atomic E-state index is 0.0658. The standard InChI is InChI=1S/C12H20N4O3/c1-3-4-9(7-11(17)18)15-12(19)14-8-10-13-5-6-16(10)2/h5-6,9H,3-4,7-8H2,1-2H3,(H,17,18)(H2,14,15,19). The van der Waals surface area contributed by atoms with Crippen LogP contribution in [0.25, 0.3) is 0 Å². The van der Waals surface area contributed by atoms with E-state index >= 15 is 0 Å². The zero-order chi connectivity index (χ0) is 14.3. The molecule has 1 unspecified atom stereocenters. The lowest BCUT2D eigenvalue weighted by Gasteiger charge is -2.16. The summed E-state index contributed by atoms with van der Waals surface area (Å²) in [4.78, 5) is 26.4. The average molecular weight is 268 g/mol. The van der Waals surface area contributed by atoms with Crippen LogP contribution in [0, 0.1) is 0 Å². The summed E-state index contributed by atoms with van der Waals surface area (Å²) in [5, 5.41) is 14.1. The van der Waals surface area contributed by atoms with Crippen molar-refractivity contribution in [3.05, 3.63) is 18.2 Å². The first-order valence-corrected chi connectivity index (χ1v) is 6.25. The van der Waals surface area contributed by atoms with Crippen LogP contribution >= 0.6 is 0 Å². The Morgan fingerprint density at radius 1 is 1.53 bits per heavy atom. The number of urea groups is 1. The van der Waals surface area contributed by atoms with Gasteiger partial charge in [-0.2, -0.15) is 0 Å². The number of nitrogens with zero attached hydrogens (tertiary/aromatic N) is 2. The fourth-order valence-corrected chi connectivity index (χ4v) is 1.75. The van der Waals surface area contributed by atoms with E-state index in [-0.39, 0.29) is 18.5 Å². The van der Waals surface area contributed by atoms with E-state index < -0.39 is 5.97 Å². The summed E-state index contributed by atoms with van der Waals surface area (Å²) in [5.74, 6) is -0.178. The van der Waals surface area contributed by atoms with Crippen molar-refractivity contribution in [1.29, 1.82) is 0 Å². The van der Waals surface area contributed by atoms with E-state index in [9.17, 15) is 9.59 Å². The van der Waals surface area contributed by atoms with Crippen molar-refractivity contribution >= 4 is 12.0 Å². The van der Waals surface area contributed by atoms with Gasteiger partial charge in [-0.1, -0.05) is 13.3 Å². The number of nitrogens with one attached hydrogen (secondary N) is 2. The maximum absolute atomic E-state index is 11.7. The SMILES string of the molecule is CCCC(CC(=O)O)NC(=O)NCc1nccn1C. The molecule has 1 rings (SSSR count). The molecule has 0 aliphatic rings. The first kappa shape index (κ1) is 15.0. The Morgan fingerprint density at radius 2 is 2.26 bits per heavy atom. The fraction of sp³-hybridized carbons (Fsp3) is 0.583. The van der Waals surface area contributed by atoms with Crippen molar-refractivity contribution in [2.24, 2.45) is 7.05 Å². The molecule has 0 bridgehead atoms. The Balaban J connectivity index is 2.39. The van der Waals surface area contributed by atoms with Crippen LogP contribution < -0.4 is 10.6 Å². The van der Waals surface area contributed by atoms with Gasteiger partial charge in [0.1, 0.15) is 5.82 Å². The van der Waals surface area contributed by atoms with Crippen molar-refractivity contribution in [2.75, 3.05) is 0 Å². The molecule has 7 nitrogen and oxygen atoms in total. The predicted octanol–water partition coefficient (Wildman–Crippen LogP) is 0.863. The molecule has 0 aliphatic heterocycles. The summed E-state index contributed by atoms with van der Waals surface area (Å²) >= 11 is 0. The number of rotatable bonds is 7. The minimum Gasteiger partial charge on any atom is -0.481 e. The van der Waals surface area contributed by atoms with Crippen molar-refractivity contribution in [3.63, 3.8) is 0 Å². The van der Waals surface area contributed by atoms with Gasteiger partial charge in [-0.25, -0.2) is 9.78 Å². The number of hydrogen-bond donors (Lipinski definition) is 3. The third-order valence-corrected chi connectivity index (χ3v) is 2.72. The number of aromatic nitrogens is 2. The van der Waals surface area contributed by atoms with E-state index in [1.54, 1.807) is 17.0 Å². The van der Waals surface area contributed by atoms with Gasteiger partial charge in [0, 0.05) is 25.5 Å². The number of amides is 2. The second-order valence-electron chi connectivity index (χ2n) is 4.36. The molecular weight excluding hydrogens is 248 g/mol. The Labute approximate surface area is 112 Å². The molecule has 0 radical (unpaired) electrons. The quantitative estimate of drug-likeness (QED) is 0.683. The third-order valence-electron chi connectivity index (χ3n) is 2.72. The number of carbonyl (C=O) groups excluding carboxylic acids is 1. The minimum atomic E-state index is -0.914.